The smallest absolute Gasteiger partial charge is 0.389 e. The van der Waals surface area contributed by atoms with E-state index in [-0.39, 0.29) is 24.6 Å². The number of phenols is 1. The molecule has 1 aromatic carbocycles. The van der Waals surface area contributed by atoms with Crippen LogP contribution < -0.4 is 10.1 Å². The molecule has 0 spiro atoms. The molecule has 0 bridgehead atoms. The first kappa shape index (κ1) is 19.9. The molecule has 132 valence electrons. The number of nitrogens with zero attached hydrogens (tertiary/aromatic N) is 1. The van der Waals surface area contributed by atoms with Gasteiger partial charge in [0, 0.05) is 44.2 Å². The molecule has 1 atom stereocenters. The SMILES string of the molecule is COc1ccc(O)c([C@@H](CCC(F)(F)F)N2CCNCC2)c1.Cl. The lowest BCUT2D eigenvalue weighted by Crippen LogP contribution is -2.45. The molecule has 23 heavy (non-hydrogen) atoms. The summed E-state index contributed by atoms with van der Waals surface area (Å²) in [7, 11) is 1.49. The van der Waals surface area contributed by atoms with Gasteiger partial charge in [0.15, 0.2) is 0 Å². The lowest BCUT2D eigenvalue weighted by molar-refractivity contribution is -0.138. The molecule has 0 radical (unpaired) electrons. The van der Waals surface area contributed by atoms with E-state index in [1.54, 1.807) is 12.1 Å². The molecule has 1 aromatic rings. The van der Waals surface area contributed by atoms with Crippen LogP contribution in [0.3, 0.4) is 0 Å². The molecule has 1 heterocycles. The Morgan fingerprint density at radius 1 is 1.30 bits per heavy atom. The molecule has 0 amide bonds. The van der Waals surface area contributed by atoms with Crippen LogP contribution in [-0.4, -0.2) is 49.5 Å². The van der Waals surface area contributed by atoms with Gasteiger partial charge in [-0.3, -0.25) is 4.90 Å². The molecule has 2 rings (SSSR count). The second kappa shape index (κ2) is 8.61. The lowest BCUT2D eigenvalue weighted by Gasteiger charge is -2.35. The molecule has 1 saturated heterocycles. The number of piperazine rings is 1. The van der Waals surface area contributed by atoms with Crippen molar-refractivity contribution in [3.05, 3.63) is 23.8 Å². The number of hydrogen-bond donors (Lipinski definition) is 2. The molecule has 1 aliphatic heterocycles. The van der Waals surface area contributed by atoms with E-state index in [2.05, 4.69) is 5.32 Å². The van der Waals surface area contributed by atoms with E-state index in [0.29, 0.717) is 24.4 Å². The zero-order chi connectivity index (χ0) is 16.2. The molecule has 1 fully saturated rings. The Hall–Kier alpha value is -1.18. The molecular weight excluding hydrogens is 333 g/mol. The minimum Gasteiger partial charge on any atom is -0.508 e. The first-order chi connectivity index (χ1) is 10.4. The van der Waals surface area contributed by atoms with Gasteiger partial charge < -0.3 is 15.2 Å². The van der Waals surface area contributed by atoms with E-state index in [1.165, 1.54) is 13.2 Å². The van der Waals surface area contributed by atoms with Gasteiger partial charge in [-0.25, -0.2) is 0 Å². The predicted octanol–water partition coefficient (Wildman–Crippen LogP) is 3.11. The van der Waals surface area contributed by atoms with Crippen molar-refractivity contribution in [3.8, 4) is 11.5 Å². The highest BCUT2D eigenvalue weighted by Gasteiger charge is 2.32. The van der Waals surface area contributed by atoms with Gasteiger partial charge in [-0.15, -0.1) is 12.4 Å². The minimum absolute atomic E-state index is 0. The number of nitrogens with one attached hydrogen (secondary N) is 1. The Balaban J connectivity index is 0.00000264. The third-order valence-corrected chi connectivity index (χ3v) is 3.89. The number of rotatable bonds is 5. The number of phenolic OH excluding ortho intramolecular Hbond substituents is 1. The molecule has 0 aliphatic carbocycles. The second-order valence-corrected chi connectivity index (χ2v) is 5.38. The normalized spacial score (nSPS) is 17.4. The predicted molar refractivity (Wildman–Crippen MR) is 84.4 cm³/mol. The summed E-state index contributed by atoms with van der Waals surface area (Å²) in [5.74, 6) is 0.534. The maximum atomic E-state index is 12.6. The molecule has 2 N–H and O–H groups in total. The quantitative estimate of drug-likeness (QED) is 0.853. The van der Waals surface area contributed by atoms with E-state index >= 15 is 0 Å². The summed E-state index contributed by atoms with van der Waals surface area (Å²) in [5.41, 5.74) is 0.491. The summed E-state index contributed by atoms with van der Waals surface area (Å²) < 4.78 is 43.0. The summed E-state index contributed by atoms with van der Waals surface area (Å²) in [6, 6.07) is 4.21. The first-order valence-electron chi connectivity index (χ1n) is 7.29. The molecule has 0 aromatic heterocycles. The van der Waals surface area contributed by atoms with Crippen LogP contribution in [0.1, 0.15) is 24.4 Å². The Morgan fingerprint density at radius 2 is 1.96 bits per heavy atom. The van der Waals surface area contributed by atoms with Crippen molar-refractivity contribution in [2.75, 3.05) is 33.3 Å². The lowest BCUT2D eigenvalue weighted by atomic mass is 9.98. The zero-order valence-electron chi connectivity index (χ0n) is 12.9. The van der Waals surface area contributed by atoms with Crippen LogP contribution in [0.5, 0.6) is 11.5 Å². The topological polar surface area (TPSA) is 44.7 Å². The van der Waals surface area contributed by atoms with E-state index in [4.69, 9.17) is 4.74 Å². The molecular formula is C15H22ClF3N2O2. The Kier molecular flexibility index (Phi) is 7.44. The van der Waals surface area contributed by atoms with Crippen molar-refractivity contribution in [3.63, 3.8) is 0 Å². The molecule has 0 saturated carbocycles. The molecule has 0 unspecified atom stereocenters. The van der Waals surface area contributed by atoms with E-state index in [1.807, 2.05) is 4.90 Å². The van der Waals surface area contributed by atoms with Gasteiger partial charge >= 0.3 is 6.18 Å². The van der Waals surface area contributed by atoms with Gasteiger partial charge in [0.25, 0.3) is 0 Å². The second-order valence-electron chi connectivity index (χ2n) is 5.38. The Bertz CT molecular complexity index is 494. The van der Waals surface area contributed by atoms with Crippen molar-refractivity contribution in [1.82, 2.24) is 10.2 Å². The van der Waals surface area contributed by atoms with Crippen molar-refractivity contribution in [2.45, 2.75) is 25.1 Å². The number of halogens is 4. The van der Waals surface area contributed by atoms with Crippen LogP contribution >= 0.6 is 12.4 Å². The van der Waals surface area contributed by atoms with E-state index in [9.17, 15) is 18.3 Å². The molecule has 4 nitrogen and oxygen atoms in total. The fourth-order valence-corrected chi connectivity index (χ4v) is 2.76. The number of alkyl halides is 3. The van der Waals surface area contributed by atoms with Crippen LogP contribution in [0.2, 0.25) is 0 Å². The number of ether oxygens (including phenoxy) is 1. The van der Waals surface area contributed by atoms with Crippen LogP contribution in [0.15, 0.2) is 18.2 Å². The van der Waals surface area contributed by atoms with Gasteiger partial charge in [0.05, 0.1) is 7.11 Å². The Labute approximate surface area is 140 Å². The highest BCUT2D eigenvalue weighted by molar-refractivity contribution is 5.85. The van der Waals surface area contributed by atoms with Gasteiger partial charge in [-0.05, 0) is 24.6 Å². The average molecular weight is 355 g/mol. The van der Waals surface area contributed by atoms with Crippen molar-refractivity contribution >= 4 is 12.4 Å². The molecule has 1 aliphatic rings. The summed E-state index contributed by atoms with van der Waals surface area (Å²) in [4.78, 5) is 1.98. The fourth-order valence-electron chi connectivity index (χ4n) is 2.76. The average Bonchev–Trinajstić information content (AvgIpc) is 2.49. The van der Waals surface area contributed by atoms with Crippen molar-refractivity contribution in [2.24, 2.45) is 0 Å². The van der Waals surface area contributed by atoms with Gasteiger partial charge in [0.1, 0.15) is 11.5 Å². The fraction of sp³-hybridized carbons (Fsp3) is 0.600. The van der Waals surface area contributed by atoms with Crippen LogP contribution in [-0.2, 0) is 0 Å². The number of aromatic hydroxyl groups is 1. The van der Waals surface area contributed by atoms with Crippen LogP contribution in [0, 0.1) is 0 Å². The first-order valence-corrected chi connectivity index (χ1v) is 7.29. The van der Waals surface area contributed by atoms with Crippen LogP contribution in [0.4, 0.5) is 13.2 Å². The van der Waals surface area contributed by atoms with Gasteiger partial charge in [0.2, 0.25) is 0 Å². The largest absolute Gasteiger partial charge is 0.508 e. The summed E-state index contributed by atoms with van der Waals surface area (Å²) in [6.07, 6.45) is -5.16. The zero-order valence-corrected chi connectivity index (χ0v) is 13.7. The monoisotopic (exact) mass is 354 g/mol. The van der Waals surface area contributed by atoms with Crippen molar-refractivity contribution < 1.29 is 23.0 Å². The maximum Gasteiger partial charge on any atom is 0.389 e. The minimum atomic E-state index is -4.21. The molecule has 8 heteroatoms. The highest BCUT2D eigenvalue weighted by atomic mass is 35.5. The van der Waals surface area contributed by atoms with Gasteiger partial charge in [-0.1, -0.05) is 0 Å². The van der Waals surface area contributed by atoms with Crippen molar-refractivity contribution in [1.29, 1.82) is 0 Å². The summed E-state index contributed by atoms with van der Waals surface area (Å²) in [6.45, 7) is 2.76. The number of methoxy groups -OCH3 is 1. The van der Waals surface area contributed by atoms with Gasteiger partial charge in [-0.2, -0.15) is 13.2 Å². The third kappa shape index (κ3) is 5.75. The highest BCUT2D eigenvalue weighted by Crippen LogP contribution is 2.37. The van der Waals surface area contributed by atoms with Crippen LogP contribution in [0.25, 0.3) is 0 Å². The summed E-state index contributed by atoms with van der Waals surface area (Å²) in [5, 5.41) is 13.3. The summed E-state index contributed by atoms with van der Waals surface area (Å²) >= 11 is 0. The maximum absolute atomic E-state index is 12.6. The Morgan fingerprint density at radius 3 is 2.52 bits per heavy atom. The standard InChI is InChI=1S/C15H21F3N2O2.ClH/c1-22-11-2-3-14(21)12(10-11)13(4-5-15(16,17)18)20-8-6-19-7-9-20;/h2-3,10,13,19,21H,4-9H2,1H3;1H/t13-;/m1./s1. The van der Waals surface area contributed by atoms with E-state index < -0.39 is 18.6 Å². The number of benzene rings is 1. The van der Waals surface area contributed by atoms with E-state index in [0.717, 1.165) is 13.1 Å². The number of hydrogen-bond acceptors (Lipinski definition) is 4. The third-order valence-electron chi connectivity index (χ3n) is 3.89.